The molecule has 3 aliphatic carbocycles. The number of rotatable bonds is 6. The van der Waals surface area contributed by atoms with E-state index in [1.807, 2.05) is 0 Å². The molecule has 1 atom stereocenters. The van der Waals surface area contributed by atoms with Gasteiger partial charge in [0.2, 0.25) is 0 Å². The van der Waals surface area contributed by atoms with Gasteiger partial charge in [0, 0.05) is 37.2 Å². The molecule has 13 heteroatoms. The first-order valence-electron chi connectivity index (χ1n) is 10.0. The summed E-state index contributed by atoms with van der Waals surface area (Å²) in [5, 5.41) is 6.35. The van der Waals surface area contributed by atoms with E-state index in [9.17, 15) is 31.0 Å². The fourth-order valence-electron chi connectivity index (χ4n) is 5.05. The van der Waals surface area contributed by atoms with Crippen molar-refractivity contribution in [3.63, 3.8) is 0 Å². The van der Waals surface area contributed by atoms with Gasteiger partial charge in [-0.1, -0.05) is 0 Å². The Balaban J connectivity index is 1.64. The lowest BCUT2D eigenvalue weighted by atomic mass is 9.35. The van der Waals surface area contributed by atoms with Gasteiger partial charge in [-0.2, -0.15) is 27.1 Å². The standard InChI is InChI=1S/C20H22F5N5O2S/c1-11-14(16(31)28-12-4-5-27-13(6-12)33(3,26)32)30(29-15(11)17(2,21)22)10-18-7-19(8-18,9-18)20(23,24)25/h4-6,26H,7-10H2,1-3H3,(H,27,28,31)/t18?,19?,33-/m1/s1. The third-order valence-corrected chi connectivity index (χ3v) is 7.46. The number of carbonyl (C=O) groups excluding carboxylic acids is 1. The lowest BCUT2D eigenvalue weighted by Gasteiger charge is -2.70. The third-order valence-electron chi connectivity index (χ3n) is 6.44. The van der Waals surface area contributed by atoms with Crippen molar-refractivity contribution in [3.05, 3.63) is 35.3 Å². The van der Waals surface area contributed by atoms with E-state index in [1.165, 1.54) is 25.3 Å². The minimum Gasteiger partial charge on any atom is -0.321 e. The predicted molar refractivity (Wildman–Crippen MR) is 109 cm³/mol. The molecule has 0 aliphatic heterocycles. The molecule has 1 amide bonds. The SMILES string of the molecule is Cc1c(C(C)(F)F)nn(CC23CC(C(F)(F)F)(C2)C3)c1C(=O)Nc1ccnc([S@](C)(=N)=O)c1. The summed E-state index contributed by atoms with van der Waals surface area (Å²) in [4.78, 5) is 16.9. The summed E-state index contributed by atoms with van der Waals surface area (Å²) in [6.45, 7) is 1.86. The second kappa shape index (κ2) is 6.97. The highest BCUT2D eigenvalue weighted by molar-refractivity contribution is 7.91. The van der Waals surface area contributed by atoms with E-state index >= 15 is 0 Å². The van der Waals surface area contributed by atoms with Gasteiger partial charge in [0.05, 0.1) is 15.1 Å². The first-order valence-corrected chi connectivity index (χ1v) is 12.0. The van der Waals surface area contributed by atoms with Gasteiger partial charge in [0.25, 0.3) is 11.8 Å². The minimum absolute atomic E-state index is 0.0716. The van der Waals surface area contributed by atoms with E-state index in [0.29, 0.717) is 6.92 Å². The molecule has 2 N–H and O–H groups in total. The van der Waals surface area contributed by atoms with Crippen molar-refractivity contribution in [3.8, 4) is 0 Å². The van der Waals surface area contributed by atoms with E-state index < -0.39 is 44.3 Å². The normalized spacial score (nSPS) is 26.2. The Morgan fingerprint density at radius 1 is 1.27 bits per heavy atom. The molecular weight excluding hydrogens is 469 g/mol. The number of carbonyl (C=O) groups is 1. The van der Waals surface area contributed by atoms with Gasteiger partial charge in [-0.05, 0) is 43.7 Å². The van der Waals surface area contributed by atoms with Gasteiger partial charge in [-0.15, -0.1) is 0 Å². The number of aromatic nitrogens is 3. The van der Waals surface area contributed by atoms with Gasteiger partial charge in [-0.25, -0.2) is 14.0 Å². The number of hydrogen-bond acceptors (Lipinski definition) is 5. The van der Waals surface area contributed by atoms with Crippen LogP contribution in [0.25, 0.3) is 0 Å². The highest BCUT2D eigenvalue weighted by Gasteiger charge is 2.78. The molecule has 180 valence electrons. The molecule has 3 fully saturated rings. The van der Waals surface area contributed by atoms with Gasteiger partial charge in [-0.3, -0.25) is 9.48 Å². The second-order valence-corrected chi connectivity index (χ2v) is 11.5. The smallest absolute Gasteiger partial charge is 0.321 e. The van der Waals surface area contributed by atoms with Crippen LogP contribution in [0.2, 0.25) is 0 Å². The molecule has 0 aromatic carbocycles. The summed E-state index contributed by atoms with van der Waals surface area (Å²) in [5.74, 6) is -4.16. The maximum absolute atomic E-state index is 14.1. The number of alkyl halides is 5. The molecule has 2 aromatic rings. The van der Waals surface area contributed by atoms with E-state index in [4.69, 9.17) is 4.78 Å². The number of anilines is 1. The van der Waals surface area contributed by atoms with E-state index in [2.05, 4.69) is 15.4 Å². The molecule has 2 bridgehead atoms. The summed E-state index contributed by atoms with van der Waals surface area (Å²) >= 11 is 0. The quantitative estimate of drug-likeness (QED) is 0.571. The van der Waals surface area contributed by atoms with E-state index in [-0.39, 0.29) is 47.8 Å². The molecule has 0 spiro atoms. The number of nitrogens with one attached hydrogen (secondary N) is 2. The zero-order valence-corrected chi connectivity index (χ0v) is 18.8. The van der Waals surface area contributed by atoms with Crippen LogP contribution in [0.5, 0.6) is 0 Å². The molecule has 2 aromatic heterocycles. The summed E-state index contributed by atoms with van der Waals surface area (Å²) in [6.07, 6.45) is -2.27. The topological polar surface area (TPSA) is 101 Å². The lowest BCUT2D eigenvalue weighted by molar-refractivity contribution is -0.366. The van der Waals surface area contributed by atoms with E-state index in [1.54, 1.807) is 0 Å². The predicted octanol–water partition coefficient (Wildman–Crippen LogP) is 4.72. The van der Waals surface area contributed by atoms with Crippen LogP contribution < -0.4 is 5.32 Å². The van der Waals surface area contributed by atoms with Crippen molar-refractivity contribution < 1.29 is 31.0 Å². The molecule has 0 unspecified atom stereocenters. The van der Waals surface area contributed by atoms with Gasteiger partial charge < -0.3 is 5.32 Å². The average molecular weight is 491 g/mol. The monoisotopic (exact) mass is 491 g/mol. The van der Waals surface area contributed by atoms with Crippen LogP contribution in [0.4, 0.5) is 27.6 Å². The largest absolute Gasteiger partial charge is 0.394 e. The van der Waals surface area contributed by atoms with Crippen molar-refractivity contribution in [1.82, 2.24) is 14.8 Å². The highest BCUT2D eigenvalue weighted by atomic mass is 32.2. The number of nitrogens with zero attached hydrogens (tertiary/aromatic N) is 3. The van der Waals surface area contributed by atoms with Gasteiger partial charge in [0.1, 0.15) is 16.4 Å². The van der Waals surface area contributed by atoms with Crippen molar-refractivity contribution in [2.24, 2.45) is 10.8 Å². The molecule has 7 nitrogen and oxygen atoms in total. The Hall–Kier alpha value is -2.57. The number of hydrogen-bond donors (Lipinski definition) is 2. The Bertz CT molecular complexity index is 1230. The maximum Gasteiger partial charge on any atom is 0.394 e. The van der Waals surface area contributed by atoms with Crippen LogP contribution in [0, 0.1) is 22.5 Å². The summed E-state index contributed by atoms with van der Waals surface area (Å²) < 4.78 is 88.5. The first kappa shape index (κ1) is 23.6. The van der Waals surface area contributed by atoms with Crippen LogP contribution in [-0.2, 0) is 22.2 Å². The Morgan fingerprint density at radius 2 is 1.88 bits per heavy atom. The molecule has 0 radical (unpaired) electrons. The third kappa shape index (κ3) is 3.89. The number of halogens is 5. The van der Waals surface area contributed by atoms with Crippen molar-refractivity contribution in [2.45, 2.75) is 56.8 Å². The first-order chi connectivity index (χ1) is 15.0. The molecule has 2 heterocycles. The number of pyridine rings is 1. The zero-order chi connectivity index (χ0) is 24.6. The van der Waals surface area contributed by atoms with Crippen LogP contribution in [-0.4, -0.2) is 37.3 Å². The van der Waals surface area contributed by atoms with Crippen molar-refractivity contribution >= 4 is 21.3 Å². The van der Waals surface area contributed by atoms with Crippen LogP contribution in [0.15, 0.2) is 23.4 Å². The Labute approximate surface area is 186 Å². The highest BCUT2D eigenvalue weighted by Crippen LogP contribution is 2.78. The lowest BCUT2D eigenvalue weighted by Crippen LogP contribution is -2.69. The zero-order valence-electron chi connectivity index (χ0n) is 18.0. The van der Waals surface area contributed by atoms with Gasteiger partial charge in [0.15, 0.2) is 0 Å². The Kier molecular flexibility index (Phi) is 4.98. The van der Waals surface area contributed by atoms with E-state index in [0.717, 1.165) is 10.9 Å². The maximum atomic E-state index is 14.1. The summed E-state index contributed by atoms with van der Waals surface area (Å²) in [7, 11) is -3.16. The molecule has 5 rings (SSSR count). The second-order valence-electron chi connectivity index (χ2n) is 9.36. The summed E-state index contributed by atoms with van der Waals surface area (Å²) in [5.41, 5.74) is -3.18. The summed E-state index contributed by atoms with van der Waals surface area (Å²) in [6, 6.07) is 2.62. The molecule has 0 saturated heterocycles. The molecule has 33 heavy (non-hydrogen) atoms. The molecular formula is C20H22F5N5O2S. The van der Waals surface area contributed by atoms with Crippen molar-refractivity contribution in [2.75, 3.05) is 11.6 Å². The number of amides is 1. The van der Waals surface area contributed by atoms with Crippen LogP contribution in [0.3, 0.4) is 0 Å². The van der Waals surface area contributed by atoms with Gasteiger partial charge >= 0.3 is 6.18 Å². The molecule has 3 aliphatic rings. The Morgan fingerprint density at radius 3 is 2.39 bits per heavy atom. The minimum atomic E-state index is -4.31. The van der Waals surface area contributed by atoms with Crippen LogP contribution in [0.1, 0.15) is 47.9 Å². The van der Waals surface area contributed by atoms with Crippen molar-refractivity contribution in [1.29, 1.82) is 4.78 Å². The fourth-order valence-corrected chi connectivity index (χ4v) is 5.66. The fraction of sp³-hybridized carbons (Fsp3) is 0.550. The van der Waals surface area contributed by atoms with Crippen LogP contribution >= 0.6 is 0 Å². The average Bonchev–Trinajstić information content (AvgIpc) is 2.91. The molecule has 3 saturated carbocycles.